The van der Waals surface area contributed by atoms with Gasteiger partial charge in [-0.3, -0.25) is 4.90 Å². The molecule has 8 heteroatoms. The molecule has 4 rings (SSSR count). The van der Waals surface area contributed by atoms with Crippen LogP contribution in [0.1, 0.15) is 22.7 Å². The molecule has 174 valence electrons. The fourth-order valence-electron chi connectivity index (χ4n) is 4.43. The van der Waals surface area contributed by atoms with Gasteiger partial charge in [0.2, 0.25) is 0 Å². The molecule has 2 heterocycles. The van der Waals surface area contributed by atoms with Crippen LogP contribution in [0.15, 0.2) is 53.7 Å². The van der Waals surface area contributed by atoms with E-state index in [1.54, 1.807) is 12.1 Å². The van der Waals surface area contributed by atoms with Crippen LogP contribution in [0.4, 0.5) is 14.9 Å². The van der Waals surface area contributed by atoms with Crippen molar-refractivity contribution in [3.8, 4) is 0 Å². The van der Waals surface area contributed by atoms with Gasteiger partial charge in [0.25, 0.3) is 0 Å². The number of ether oxygens (including phenoxy) is 1. The zero-order chi connectivity index (χ0) is 23.5. The monoisotopic (exact) mass is 452 g/mol. The number of carbonyl (C=O) groups is 2. The first kappa shape index (κ1) is 22.8. The first-order valence-corrected chi connectivity index (χ1v) is 11.0. The molecule has 2 N–H and O–H groups in total. The lowest BCUT2D eigenvalue weighted by molar-refractivity contribution is -0.136. The predicted octanol–water partition coefficient (Wildman–Crippen LogP) is 3.05. The standard InChI is InChI=1S/C25H29FN4O3/c1-16-4-5-17(2)21(14-16)30-12-10-29(11-13-30)15-20-22(24(31)33-3)23(28-25(32)27-20)18-6-8-19(26)9-7-18/h4-9,14,23H,10-13,15H2,1-3H3,(H2,27,28,32). The number of benzene rings is 2. The molecule has 2 aromatic carbocycles. The SMILES string of the molecule is COC(=O)C1=C(CN2CCN(c3cc(C)ccc3C)CC2)NC(=O)NC1c1ccc(F)cc1. The molecule has 0 radical (unpaired) electrons. The molecule has 0 aromatic heterocycles. The van der Waals surface area contributed by atoms with Gasteiger partial charge >= 0.3 is 12.0 Å². The van der Waals surface area contributed by atoms with E-state index in [1.165, 1.54) is 36.1 Å². The minimum atomic E-state index is -0.710. The highest BCUT2D eigenvalue weighted by molar-refractivity contribution is 5.95. The van der Waals surface area contributed by atoms with E-state index in [0.717, 1.165) is 26.2 Å². The van der Waals surface area contributed by atoms with Crippen molar-refractivity contribution in [3.05, 3.63) is 76.2 Å². The number of amides is 2. The van der Waals surface area contributed by atoms with E-state index in [9.17, 15) is 14.0 Å². The first-order valence-electron chi connectivity index (χ1n) is 11.0. The minimum absolute atomic E-state index is 0.334. The quantitative estimate of drug-likeness (QED) is 0.683. The molecule has 33 heavy (non-hydrogen) atoms. The van der Waals surface area contributed by atoms with E-state index < -0.39 is 18.0 Å². The lowest BCUT2D eigenvalue weighted by atomic mass is 9.95. The summed E-state index contributed by atoms with van der Waals surface area (Å²) in [5.41, 5.74) is 5.19. The van der Waals surface area contributed by atoms with Crippen molar-refractivity contribution in [2.75, 3.05) is 44.7 Å². The summed E-state index contributed by atoms with van der Waals surface area (Å²) in [6.07, 6.45) is 0. The maximum atomic E-state index is 13.4. The number of hydrogen-bond acceptors (Lipinski definition) is 5. The number of hydrogen-bond donors (Lipinski definition) is 2. The summed E-state index contributed by atoms with van der Waals surface area (Å²) in [4.78, 5) is 29.7. The fraction of sp³-hybridized carbons (Fsp3) is 0.360. The van der Waals surface area contributed by atoms with Gasteiger partial charge in [-0.2, -0.15) is 0 Å². The Bertz CT molecular complexity index is 1080. The highest BCUT2D eigenvalue weighted by Gasteiger charge is 2.34. The second kappa shape index (κ2) is 9.62. The first-order chi connectivity index (χ1) is 15.9. The highest BCUT2D eigenvalue weighted by Crippen LogP contribution is 2.29. The van der Waals surface area contributed by atoms with E-state index in [2.05, 4.69) is 52.5 Å². The molecule has 0 bridgehead atoms. The van der Waals surface area contributed by atoms with Crippen LogP contribution in [0.5, 0.6) is 0 Å². The van der Waals surface area contributed by atoms with Gasteiger partial charge in [-0.1, -0.05) is 24.3 Å². The third-order valence-electron chi connectivity index (χ3n) is 6.22. The van der Waals surface area contributed by atoms with Gasteiger partial charge in [0.05, 0.1) is 18.7 Å². The molecule has 0 spiro atoms. The third kappa shape index (κ3) is 5.01. The van der Waals surface area contributed by atoms with Crippen molar-refractivity contribution in [1.82, 2.24) is 15.5 Å². The Balaban J connectivity index is 1.54. The summed E-state index contributed by atoms with van der Waals surface area (Å²) < 4.78 is 18.5. The Labute approximate surface area is 193 Å². The lowest BCUT2D eigenvalue weighted by Crippen LogP contribution is -2.51. The number of carbonyl (C=O) groups excluding carboxylic acids is 2. The summed E-state index contributed by atoms with van der Waals surface area (Å²) in [7, 11) is 1.31. The zero-order valence-electron chi connectivity index (χ0n) is 19.2. The van der Waals surface area contributed by atoms with Crippen molar-refractivity contribution in [2.45, 2.75) is 19.9 Å². The van der Waals surface area contributed by atoms with Crippen LogP contribution in [0.3, 0.4) is 0 Å². The molecule has 0 saturated carbocycles. The zero-order valence-corrected chi connectivity index (χ0v) is 19.2. The summed E-state index contributed by atoms with van der Waals surface area (Å²) in [6.45, 7) is 7.89. The Hall–Kier alpha value is -3.39. The maximum absolute atomic E-state index is 13.4. The predicted molar refractivity (Wildman–Crippen MR) is 124 cm³/mol. The van der Waals surface area contributed by atoms with E-state index in [1.807, 2.05) is 0 Å². The smallest absolute Gasteiger partial charge is 0.338 e. The second-order valence-electron chi connectivity index (χ2n) is 8.52. The molecule has 1 unspecified atom stereocenters. The van der Waals surface area contributed by atoms with E-state index >= 15 is 0 Å². The molecular weight excluding hydrogens is 423 g/mol. The number of urea groups is 1. The van der Waals surface area contributed by atoms with E-state index in [4.69, 9.17) is 4.74 Å². The summed E-state index contributed by atoms with van der Waals surface area (Å²) in [5.74, 6) is -0.912. The van der Waals surface area contributed by atoms with Gasteiger partial charge in [-0.05, 0) is 48.7 Å². The maximum Gasteiger partial charge on any atom is 0.338 e. The van der Waals surface area contributed by atoms with E-state index in [0.29, 0.717) is 23.4 Å². The van der Waals surface area contributed by atoms with Crippen molar-refractivity contribution in [3.63, 3.8) is 0 Å². The molecule has 2 amide bonds. The van der Waals surface area contributed by atoms with Gasteiger partial charge in [-0.15, -0.1) is 0 Å². The highest BCUT2D eigenvalue weighted by atomic mass is 19.1. The minimum Gasteiger partial charge on any atom is -0.466 e. The normalized spacial score (nSPS) is 19.2. The number of anilines is 1. The Morgan fingerprint density at radius 2 is 1.79 bits per heavy atom. The molecule has 1 atom stereocenters. The van der Waals surface area contributed by atoms with Crippen LogP contribution in [0.2, 0.25) is 0 Å². The molecule has 2 aliphatic rings. The largest absolute Gasteiger partial charge is 0.466 e. The van der Waals surface area contributed by atoms with Crippen LogP contribution in [0.25, 0.3) is 0 Å². The summed E-state index contributed by atoms with van der Waals surface area (Å²) in [6, 6.07) is 11.1. The molecule has 2 aliphatic heterocycles. The Morgan fingerprint density at radius 1 is 1.09 bits per heavy atom. The summed E-state index contributed by atoms with van der Waals surface area (Å²) in [5, 5.41) is 5.57. The Morgan fingerprint density at radius 3 is 2.45 bits per heavy atom. The average Bonchev–Trinajstić information content (AvgIpc) is 2.81. The van der Waals surface area contributed by atoms with Crippen LogP contribution in [0, 0.1) is 19.7 Å². The third-order valence-corrected chi connectivity index (χ3v) is 6.22. The molecule has 1 fully saturated rings. The molecule has 2 aromatic rings. The van der Waals surface area contributed by atoms with Crippen molar-refractivity contribution in [2.24, 2.45) is 0 Å². The van der Waals surface area contributed by atoms with E-state index in [-0.39, 0.29) is 5.82 Å². The Kier molecular flexibility index (Phi) is 6.65. The summed E-state index contributed by atoms with van der Waals surface area (Å²) >= 11 is 0. The molecule has 0 aliphatic carbocycles. The van der Waals surface area contributed by atoms with Gasteiger partial charge in [-0.25, -0.2) is 14.0 Å². The number of aryl methyl sites for hydroxylation is 2. The fourth-order valence-corrected chi connectivity index (χ4v) is 4.43. The molecule has 1 saturated heterocycles. The van der Waals surface area contributed by atoms with Crippen molar-refractivity contribution in [1.29, 1.82) is 0 Å². The van der Waals surface area contributed by atoms with Crippen LogP contribution < -0.4 is 15.5 Å². The van der Waals surface area contributed by atoms with Crippen molar-refractivity contribution < 1.29 is 18.7 Å². The lowest BCUT2D eigenvalue weighted by Gasteiger charge is -2.38. The van der Waals surface area contributed by atoms with Crippen LogP contribution in [-0.2, 0) is 9.53 Å². The molecular formula is C25H29FN4O3. The number of nitrogens with one attached hydrogen (secondary N) is 2. The van der Waals surface area contributed by atoms with Gasteiger partial charge in [0.15, 0.2) is 0 Å². The second-order valence-corrected chi connectivity index (χ2v) is 8.52. The van der Waals surface area contributed by atoms with Crippen molar-refractivity contribution >= 4 is 17.7 Å². The van der Waals surface area contributed by atoms with Gasteiger partial charge in [0.1, 0.15) is 5.82 Å². The van der Waals surface area contributed by atoms with Crippen LogP contribution in [-0.4, -0.2) is 56.7 Å². The molecule has 7 nitrogen and oxygen atoms in total. The van der Waals surface area contributed by atoms with Gasteiger partial charge in [0, 0.05) is 44.1 Å². The van der Waals surface area contributed by atoms with Crippen LogP contribution >= 0.6 is 0 Å². The number of halogens is 1. The number of esters is 1. The number of methoxy groups -OCH3 is 1. The number of rotatable bonds is 5. The number of nitrogens with zero attached hydrogens (tertiary/aromatic N) is 2. The average molecular weight is 453 g/mol. The van der Waals surface area contributed by atoms with Gasteiger partial charge < -0.3 is 20.3 Å². The number of piperazine rings is 1. The topological polar surface area (TPSA) is 73.9 Å².